The fourth-order valence-electron chi connectivity index (χ4n) is 3.70. The van der Waals surface area contributed by atoms with Crippen LogP contribution in [0.25, 0.3) is 0 Å². The molecule has 4 rings (SSSR count). The first-order chi connectivity index (χ1) is 16.7. The summed E-state index contributed by atoms with van der Waals surface area (Å²) in [7, 11) is 0. The van der Waals surface area contributed by atoms with E-state index in [9.17, 15) is 14.5 Å². The van der Waals surface area contributed by atoms with Crippen LogP contribution in [0.5, 0.6) is 0 Å². The molecule has 1 aromatic carbocycles. The smallest absolute Gasteiger partial charge is 0.351 e. The van der Waals surface area contributed by atoms with E-state index in [1.165, 1.54) is 18.5 Å². The fraction of sp³-hybridized carbons (Fsp3) is 0.429. The summed E-state index contributed by atoms with van der Waals surface area (Å²) in [5.74, 6) is 1.18. The van der Waals surface area contributed by atoms with Crippen molar-refractivity contribution in [1.82, 2.24) is 20.1 Å². The summed E-state index contributed by atoms with van der Waals surface area (Å²) in [6.45, 7) is 6.82. The third-order valence-electron chi connectivity index (χ3n) is 5.48. The summed E-state index contributed by atoms with van der Waals surface area (Å²) < 4.78 is 36.3. The first-order valence-electron chi connectivity index (χ1n) is 10.8. The third-order valence-corrected chi connectivity index (χ3v) is 5.48. The van der Waals surface area contributed by atoms with Gasteiger partial charge in [-0.2, -0.15) is 13.4 Å². The normalized spacial score (nSPS) is 13.8. The number of anilines is 3. The molecule has 0 bridgehead atoms. The van der Waals surface area contributed by atoms with Crippen LogP contribution in [-0.4, -0.2) is 46.5 Å². The molecule has 12 nitrogen and oxygen atoms in total. The van der Waals surface area contributed by atoms with E-state index in [1.54, 1.807) is 13.0 Å². The van der Waals surface area contributed by atoms with Crippen LogP contribution in [0.3, 0.4) is 0 Å². The number of halogens is 1. The van der Waals surface area contributed by atoms with Crippen molar-refractivity contribution < 1.29 is 22.3 Å². The Kier molecular flexibility index (Phi) is 8.52. The van der Waals surface area contributed by atoms with Gasteiger partial charge < -0.3 is 14.7 Å². The lowest BCUT2D eigenvalue weighted by atomic mass is 9.96. The van der Waals surface area contributed by atoms with E-state index in [4.69, 9.17) is 12.9 Å². The van der Waals surface area contributed by atoms with E-state index in [0.29, 0.717) is 37.6 Å². The molecule has 1 saturated heterocycles. The second-order valence-corrected chi connectivity index (χ2v) is 8.37. The Bertz CT molecular complexity index is 1220. The van der Waals surface area contributed by atoms with Gasteiger partial charge in [-0.05, 0) is 37.5 Å². The number of hydrogen-bond donors (Lipinski definition) is 1. The van der Waals surface area contributed by atoms with Gasteiger partial charge >= 0.3 is 17.3 Å². The molecule has 0 radical (unpaired) electrons. The number of nitrogens with one attached hydrogen (secondary N) is 1. The van der Waals surface area contributed by atoms with Crippen molar-refractivity contribution in [3.05, 3.63) is 57.7 Å². The molecule has 14 heteroatoms. The van der Waals surface area contributed by atoms with Gasteiger partial charge in [0, 0.05) is 24.9 Å². The van der Waals surface area contributed by atoms with Crippen molar-refractivity contribution in [2.75, 3.05) is 23.3 Å². The molecule has 3 heterocycles. The fourth-order valence-corrected chi connectivity index (χ4v) is 3.70. The molecule has 35 heavy (non-hydrogen) atoms. The minimum atomic E-state index is -0.750. The highest BCUT2D eigenvalue weighted by molar-refractivity contribution is 7.51. The van der Waals surface area contributed by atoms with Crippen LogP contribution in [-0.2, 0) is 11.6 Å². The van der Waals surface area contributed by atoms with Gasteiger partial charge in [-0.1, -0.05) is 25.1 Å². The molecule has 0 atom stereocenters. The second-order valence-electron chi connectivity index (χ2n) is 8.23. The zero-order valence-corrected chi connectivity index (χ0v) is 20.1. The van der Waals surface area contributed by atoms with Crippen LogP contribution in [0.4, 0.5) is 27.4 Å². The molecule has 1 fully saturated rings. The van der Waals surface area contributed by atoms with Gasteiger partial charge in [0.25, 0.3) is 0 Å². The van der Waals surface area contributed by atoms with Crippen molar-refractivity contribution in [1.29, 1.82) is 0 Å². The highest BCUT2D eigenvalue weighted by atomic mass is 32.1. The average Bonchev–Trinajstić information content (AvgIpc) is 3.32. The molecular formula is C21H24FN7O5S. The lowest BCUT2D eigenvalue weighted by molar-refractivity contribution is -0.383. The zero-order valence-electron chi connectivity index (χ0n) is 19.3. The number of nitro groups is 1. The van der Waals surface area contributed by atoms with Gasteiger partial charge in [-0.3, -0.25) is 10.1 Å². The Balaban J connectivity index is 0.00000108. The van der Waals surface area contributed by atoms with E-state index in [0.717, 1.165) is 5.56 Å². The third kappa shape index (κ3) is 6.20. The number of aromatic nitrogens is 4. The maximum Gasteiger partial charge on any atom is 0.353 e. The van der Waals surface area contributed by atoms with Gasteiger partial charge in [0.1, 0.15) is 12.1 Å². The molecule has 0 aliphatic carbocycles. The predicted octanol–water partition coefficient (Wildman–Crippen LogP) is 3.80. The Morgan fingerprint density at radius 1 is 1.26 bits per heavy atom. The van der Waals surface area contributed by atoms with Crippen molar-refractivity contribution in [2.45, 2.75) is 45.4 Å². The van der Waals surface area contributed by atoms with Crippen LogP contribution in [0.2, 0.25) is 0 Å². The molecule has 3 aromatic rings. The first kappa shape index (κ1) is 25.8. The van der Waals surface area contributed by atoms with Crippen molar-refractivity contribution >= 4 is 34.6 Å². The number of rotatable bonds is 6. The minimum absolute atomic E-state index is 0.0525. The van der Waals surface area contributed by atoms with Crippen molar-refractivity contribution in [2.24, 2.45) is 0 Å². The number of benzene rings is 1. The molecule has 0 amide bonds. The molecule has 0 unspecified atom stereocenters. The quantitative estimate of drug-likeness (QED) is 0.384. The van der Waals surface area contributed by atoms with Crippen LogP contribution in [0.15, 0.2) is 29.0 Å². The minimum Gasteiger partial charge on any atom is -0.351 e. The van der Waals surface area contributed by atoms with Gasteiger partial charge in [-0.15, -0.1) is 0 Å². The summed E-state index contributed by atoms with van der Waals surface area (Å²) in [5.41, 5.74) is 0.570. The monoisotopic (exact) mass is 505 g/mol. The molecule has 0 spiro atoms. The van der Waals surface area contributed by atoms with Gasteiger partial charge in [0.05, 0.1) is 10.6 Å². The second kappa shape index (κ2) is 11.6. The summed E-state index contributed by atoms with van der Waals surface area (Å²) in [5, 5.41) is 18.7. The highest BCUT2D eigenvalue weighted by Crippen LogP contribution is 2.37. The Morgan fingerprint density at radius 3 is 2.51 bits per heavy atom. The van der Waals surface area contributed by atoms with Crippen molar-refractivity contribution in [3.8, 4) is 0 Å². The van der Waals surface area contributed by atoms with Crippen LogP contribution >= 0.6 is 0 Å². The lowest BCUT2D eigenvalue weighted by Crippen LogP contribution is -2.34. The van der Waals surface area contributed by atoms with E-state index < -0.39 is 22.3 Å². The number of piperidine rings is 1. The number of nitrogens with zero attached hydrogens (tertiary/aromatic N) is 6. The molecule has 186 valence electrons. The van der Waals surface area contributed by atoms with Crippen LogP contribution in [0.1, 0.15) is 55.8 Å². The molecular weight excluding hydrogens is 481 g/mol. The SMILES string of the molecule is Cc1ccc(Nc2ncnc(N3CCC(c4nc(C(C)C)no4)CC3)c2[N+](=O)[O-])c(F)c1.O=S=O. The Labute approximate surface area is 203 Å². The van der Waals surface area contributed by atoms with Crippen LogP contribution < -0.4 is 10.2 Å². The van der Waals surface area contributed by atoms with E-state index >= 15 is 0 Å². The first-order valence-corrected chi connectivity index (χ1v) is 11.4. The zero-order chi connectivity index (χ0) is 25.5. The van der Waals surface area contributed by atoms with E-state index in [-0.39, 0.29) is 34.8 Å². The van der Waals surface area contributed by atoms with E-state index in [2.05, 4.69) is 25.4 Å². The molecule has 1 N–H and O–H groups in total. The average molecular weight is 506 g/mol. The predicted molar refractivity (Wildman–Crippen MR) is 125 cm³/mol. The largest absolute Gasteiger partial charge is 0.353 e. The molecule has 2 aromatic heterocycles. The van der Waals surface area contributed by atoms with Crippen LogP contribution in [0, 0.1) is 22.9 Å². The highest BCUT2D eigenvalue weighted by Gasteiger charge is 2.32. The van der Waals surface area contributed by atoms with Crippen molar-refractivity contribution in [3.63, 3.8) is 0 Å². The van der Waals surface area contributed by atoms with Gasteiger partial charge in [0.15, 0.2) is 5.82 Å². The summed E-state index contributed by atoms with van der Waals surface area (Å²) >= 11 is -0.750. The lowest BCUT2D eigenvalue weighted by Gasteiger charge is -2.30. The number of hydrogen-bond acceptors (Lipinski definition) is 11. The van der Waals surface area contributed by atoms with Gasteiger partial charge in [-0.25, -0.2) is 14.4 Å². The summed E-state index contributed by atoms with van der Waals surface area (Å²) in [6, 6.07) is 4.59. The topological polar surface area (TPSA) is 157 Å². The molecule has 1 aliphatic rings. The number of aryl methyl sites for hydroxylation is 1. The standard InChI is InChI=1S/C21H24FN7O3.O2S/c1-12(2)18-26-21(32-27-18)14-6-8-28(9-7-14)20-17(29(30)31)19(23-11-24-20)25-16-5-4-13(3)10-15(16)22;1-3-2/h4-5,10-12,14H,6-9H2,1-3H3,(H,23,24,25);. The maximum absolute atomic E-state index is 14.3. The Morgan fingerprint density at radius 2 is 1.94 bits per heavy atom. The maximum atomic E-state index is 14.3. The molecule has 0 saturated carbocycles. The van der Waals surface area contributed by atoms with Gasteiger partial charge in [0.2, 0.25) is 17.5 Å². The summed E-state index contributed by atoms with van der Waals surface area (Å²) in [6.07, 6.45) is 2.63. The molecule has 1 aliphatic heterocycles. The van der Waals surface area contributed by atoms with E-state index in [1.807, 2.05) is 18.7 Å². The Hall–Kier alpha value is -3.81. The summed E-state index contributed by atoms with van der Waals surface area (Å²) in [4.78, 5) is 25.9.